The Kier molecular flexibility index (Phi) is 1.98. The molecule has 0 spiro atoms. The number of amides is 1. The Morgan fingerprint density at radius 2 is 2.60 bits per heavy atom. The average molecular weight is 207 g/mol. The summed E-state index contributed by atoms with van der Waals surface area (Å²) in [5.74, 6) is 0.753. The van der Waals surface area contributed by atoms with E-state index in [-0.39, 0.29) is 11.8 Å². The van der Waals surface area contributed by atoms with E-state index in [2.05, 4.69) is 10.3 Å². The highest BCUT2D eigenvalue weighted by atomic mass is 16.4. The molecule has 1 aromatic rings. The van der Waals surface area contributed by atoms with Gasteiger partial charge in [0.05, 0.1) is 6.20 Å². The van der Waals surface area contributed by atoms with E-state index in [9.17, 15) is 4.79 Å². The van der Waals surface area contributed by atoms with Crippen LogP contribution >= 0.6 is 0 Å². The summed E-state index contributed by atoms with van der Waals surface area (Å²) in [6.45, 7) is 2.66. The van der Waals surface area contributed by atoms with Crippen LogP contribution in [0.4, 0.5) is 0 Å². The maximum absolute atomic E-state index is 11.9. The van der Waals surface area contributed by atoms with E-state index in [1.54, 1.807) is 0 Å². The molecule has 0 saturated carbocycles. The van der Waals surface area contributed by atoms with E-state index < -0.39 is 0 Å². The van der Waals surface area contributed by atoms with Crippen LogP contribution in [-0.4, -0.2) is 41.5 Å². The van der Waals surface area contributed by atoms with Crippen LogP contribution in [0.5, 0.6) is 0 Å². The number of aromatic nitrogens is 1. The van der Waals surface area contributed by atoms with Crippen molar-refractivity contribution in [2.45, 2.75) is 12.5 Å². The highest BCUT2D eigenvalue weighted by Gasteiger charge is 2.37. The summed E-state index contributed by atoms with van der Waals surface area (Å²) >= 11 is 0. The second-order valence-corrected chi connectivity index (χ2v) is 4.15. The molecule has 0 aromatic carbocycles. The van der Waals surface area contributed by atoms with Gasteiger partial charge in [-0.3, -0.25) is 4.79 Å². The van der Waals surface area contributed by atoms with Crippen molar-refractivity contribution in [3.05, 3.63) is 18.4 Å². The van der Waals surface area contributed by atoms with Gasteiger partial charge in [-0.2, -0.15) is 0 Å². The largest absolute Gasteiger partial charge is 0.441 e. The van der Waals surface area contributed by atoms with E-state index in [0.717, 1.165) is 26.1 Å². The number of rotatable bonds is 1. The van der Waals surface area contributed by atoms with Crippen molar-refractivity contribution >= 4 is 5.91 Å². The molecule has 2 fully saturated rings. The smallest absolute Gasteiger partial charge is 0.309 e. The summed E-state index contributed by atoms with van der Waals surface area (Å²) in [5.41, 5.74) is 0. The van der Waals surface area contributed by atoms with E-state index in [0.29, 0.717) is 12.0 Å². The molecule has 3 heterocycles. The summed E-state index contributed by atoms with van der Waals surface area (Å²) in [5, 5.41) is 3.36. The van der Waals surface area contributed by atoms with Crippen LogP contribution in [0.2, 0.25) is 0 Å². The molecule has 0 aliphatic carbocycles. The molecule has 1 amide bonds. The minimum atomic E-state index is -0.0784. The quantitative estimate of drug-likeness (QED) is 0.710. The Morgan fingerprint density at radius 1 is 1.67 bits per heavy atom. The highest BCUT2D eigenvalue weighted by molar-refractivity contribution is 5.89. The molecule has 2 aliphatic heterocycles. The Balaban J connectivity index is 1.70. The van der Waals surface area contributed by atoms with Gasteiger partial charge in [0.15, 0.2) is 0 Å². The number of hydrogen-bond donors (Lipinski definition) is 1. The van der Waals surface area contributed by atoms with E-state index >= 15 is 0 Å². The van der Waals surface area contributed by atoms with Crippen LogP contribution in [0.15, 0.2) is 16.9 Å². The van der Waals surface area contributed by atoms with Crippen LogP contribution in [0.1, 0.15) is 17.1 Å². The van der Waals surface area contributed by atoms with Crippen LogP contribution in [0.25, 0.3) is 0 Å². The van der Waals surface area contributed by atoms with Gasteiger partial charge >= 0.3 is 5.91 Å². The second-order valence-electron chi connectivity index (χ2n) is 4.15. The van der Waals surface area contributed by atoms with Crippen molar-refractivity contribution in [2.75, 3.05) is 19.6 Å². The van der Waals surface area contributed by atoms with Gasteiger partial charge in [-0.15, -0.1) is 0 Å². The highest BCUT2D eigenvalue weighted by Crippen LogP contribution is 2.24. The van der Waals surface area contributed by atoms with Gasteiger partial charge in [-0.25, -0.2) is 4.98 Å². The second kappa shape index (κ2) is 3.34. The monoisotopic (exact) mass is 207 g/mol. The zero-order chi connectivity index (χ0) is 10.3. The van der Waals surface area contributed by atoms with Crippen molar-refractivity contribution in [2.24, 2.45) is 5.92 Å². The number of piperidine rings is 1. The summed E-state index contributed by atoms with van der Waals surface area (Å²) in [6, 6.07) is 0.624. The van der Waals surface area contributed by atoms with E-state index in [1.807, 2.05) is 4.90 Å². The molecule has 1 N–H and O–H groups in total. The standard InChI is InChI=1S/C10H13N3O2/c14-10(9-11-2-4-15-9)13-3-1-8-7(6-13)5-12-8/h2,4,7-8,12H,1,3,5-6H2. The minimum Gasteiger partial charge on any atom is -0.441 e. The molecule has 2 atom stereocenters. The minimum absolute atomic E-state index is 0.0784. The zero-order valence-electron chi connectivity index (χ0n) is 8.35. The molecule has 0 radical (unpaired) electrons. The van der Waals surface area contributed by atoms with Gasteiger partial charge in [0.2, 0.25) is 0 Å². The van der Waals surface area contributed by atoms with Crippen molar-refractivity contribution in [1.29, 1.82) is 0 Å². The number of fused-ring (bicyclic) bond motifs is 1. The third-order valence-electron chi connectivity index (χ3n) is 3.28. The Bertz CT molecular complexity index is 363. The van der Waals surface area contributed by atoms with Crippen LogP contribution in [0.3, 0.4) is 0 Å². The molecule has 5 nitrogen and oxygen atoms in total. The number of hydrogen-bond acceptors (Lipinski definition) is 4. The van der Waals surface area contributed by atoms with Crippen LogP contribution in [0, 0.1) is 5.92 Å². The maximum atomic E-state index is 11.9. The Morgan fingerprint density at radius 3 is 3.20 bits per heavy atom. The first-order valence-electron chi connectivity index (χ1n) is 5.27. The molecule has 3 rings (SSSR count). The van der Waals surface area contributed by atoms with Crippen molar-refractivity contribution in [1.82, 2.24) is 15.2 Å². The molecule has 2 unspecified atom stereocenters. The van der Waals surface area contributed by atoms with Gasteiger partial charge in [-0.05, 0) is 6.42 Å². The number of likely N-dealkylation sites (tertiary alicyclic amines) is 1. The number of carbonyl (C=O) groups is 1. The van der Waals surface area contributed by atoms with Crippen molar-refractivity contribution < 1.29 is 9.21 Å². The number of oxazole rings is 1. The summed E-state index contributed by atoms with van der Waals surface area (Å²) in [6.07, 6.45) is 3.98. The molecular weight excluding hydrogens is 194 g/mol. The Hall–Kier alpha value is -1.36. The van der Waals surface area contributed by atoms with Gasteiger partial charge in [0.1, 0.15) is 6.26 Å². The zero-order valence-corrected chi connectivity index (χ0v) is 8.35. The Labute approximate surface area is 87.5 Å². The predicted molar refractivity (Wildman–Crippen MR) is 52.3 cm³/mol. The first kappa shape index (κ1) is 8.91. The average Bonchev–Trinajstić information content (AvgIpc) is 2.72. The SMILES string of the molecule is O=C(c1ncco1)N1CCC2NCC2C1. The molecule has 80 valence electrons. The number of nitrogens with zero attached hydrogens (tertiary/aromatic N) is 2. The summed E-state index contributed by atoms with van der Waals surface area (Å²) in [4.78, 5) is 17.6. The van der Waals surface area contributed by atoms with Crippen LogP contribution in [-0.2, 0) is 0 Å². The number of carbonyl (C=O) groups excluding carboxylic acids is 1. The fourth-order valence-corrected chi connectivity index (χ4v) is 2.30. The molecule has 1 aromatic heterocycles. The third kappa shape index (κ3) is 1.43. The van der Waals surface area contributed by atoms with Crippen LogP contribution < -0.4 is 5.32 Å². The first-order valence-corrected chi connectivity index (χ1v) is 5.27. The molecular formula is C10H13N3O2. The predicted octanol–water partition coefficient (Wildman–Crippen LogP) is 0.108. The number of nitrogens with one attached hydrogen (secondary N) is 1. The summed E-state index contributed by atoms with van der Waals surface area (Å²) in [7, 11) is 0. The molecule has 0 bridgehead atoms. The summed E-state index contributed by atoms with van der Waals surface area (Å²) < 4.78 is 5.01. The van der Waals surface area contributed by atoms with E-state index in [1.165, 1.54) is 12.5 Å². The lowest BCUT2D eigenvalue weighted by Gasteiger charge is -2.45. The lowest BCUT2D eigenvalue weighted by Crippen LogP contribution is -2.62. The normalized spacial score (nSPS) is 29.5. The fourth-order valence-electron chi connectivity index (χ4n) is 2.30. The van der Waals surface area contributed by atoms with Crippen molar-refractivity contribution in [3.8, 4) is 0 Å². The topological polar surface area (TPSA) is 58.4 Å². The maximum Gasteiger partial charge on any atom is 0.309 e. The molecule has 15 heavy (non-hydrogen) atoms. The fraction of sp³-hybridized carbons (Fsp3) is 0.600. The van der Waals surface area contributed by atoms with Crippen molar-refractivity contribution in [3.63, 3.8) is 0 Å². The molecule has 2 aliphatic rings. The van der Waals surface area contributed by atoms with E-state index in [4.69, 9.17) is 4.42 Å². The lowest BCUT2D eigenvalue weighted by molar-refractivity contribution is 0.0474. The van der Waals surface area contributed by atoms with Gasteiger partial charge < -0.3 is 14.6 Å². The molecule has 5 heteroatoms. The molecule has 2 saturated heterocycles. The third-order valence-corrected chi connectivity index (χ3v) is 3.28. The van der Waals surface area contributed by atoms with Gasteiger partial charge in [0.25, 0.3) is 5.89 Å². The first-order chi connectivity index (χ1) is 7.34. The lowest BCUT2D eigenvalue weighted by atomic mass is 9.85. The van der Waals surface area contributed by atoms with Gasteiger partial charge in [-0.1, -0.05) is 0 Å². The van der Waals surface area contributed by atoms with Gasteiger partial charge in [0, 0.05) is 31.6 Å².